The number of hydrogen-bond donors (Lipinski definition) is 9. The van der Waals surface area contributed by atoms with Crippen LogP contribution in [-0.4, -0.2) is 112 Å². The number of thiazole rings is 2. The summed E-state index contributed by atoms with van der Waals surface area (Å²) < 4.78 is 70.1. The number of piperidine rings is 2. The van der Waals surface area contributed by atoms with Crippen molar-refractivity contribution in [2.24, 2.45) is 0 Å². The lowest BCUT2D eigenvalue weighted by Crippen LogP contribution is -2.46. The summed E-state index contributed by atoms with van der Waals surface area (Å²) >= 11 is 6.04. The lowest BCUT2D eigenvalue weighted by Gasteiger charge is -2.32. The van der Waals surface area contributed by atoms with E-state index in [1.165, 1.54) is 34.8 Å². The van der Waals surface area contributed by atoms with Crippen LogP contribution >= 0.6 is 38.6 Å². The highest BCUT2D eigenvalue weighted by Gasteiger charge is 2.30. The van der Waals surface area contributed by atoms with Crippen LogP contribution in [-0.2, 0) is 42.6 Å². The van der Waals surface area contributed by atoms with Crippen LogP contribution in [0.25, 0.3) is 20.9 Å². The van der Waals surface area contributed by atoms with E-state index in [-0.39, 0.29) is 28.0 Å². The predicted molar refractivity (Wildman–Crippen MR) is 357 cm³/mol. The largest absolute Gasteiger partial charge is 0.444 e. The van der Waals surface area contributed by atoms with Crippen LogP contribution in [0.15, 0.2) is 123 Å². The maximum atomic E-state index is 13.6. The molecule has 0 bridgehead atoms. The van der Waals surface area contributed by atoms with Crippen LogP contribution < -0.4 is 51.6 Å². The summed E-state index contributed by atoms with van der Waals surface area (Å²) in [6.07, 6.45) is 6.00. The van der Waals surface area contributed by atoms with Gasteiger partial charge in [-0.15, -0.1) is 11.3 Å². The molecule has 6 aromatic rings. The fourth-order valence-electron chi connectivity index (χ4n) is 8.92. The highest BCUT2D eigenvalue weighted by molar-refractivity contribution is 9.11. The van der Waals surface area contributed by atoms with Crippen molar-refractivity contribution < 1.29 is 45.5 Å². The first-order valence-corrected chi connectivity index (χ1v) is 34.5. The fourth-order valence-corrected chi connectivity index (χ4v) is 14.7. The number of alkyl carbamates (subject to hydrolysis) is 2. The standard InChI is InChI=1S/C31H42N6O5S2.C21H23BrN4O3S2.C10H20N2O2/c1-30(2,3)36-44(40,41)26-18-23(34-27(38)32-19-21-10-8-7-9-11-21)12-13-24(26)25-20-33-28(43-25)37-16-14-22(15-17-37)35-29(39)42-31(4,5)6;1-21(2,3)26-31(28,29)18-11-15(9-10-16(18)17-13-23-19(22)30-17)25-20(27)24-12-14-7-5-4-6-8-14;1-10(2,3)14-9(13)12-8-4-6-11-7-5-8/h7-13,18,20,22,36H,14-17,19H2,1-6H3,(H,35,39)(H2,32,34,38);4-11,13,26H,12H2,1-3H3,(H2,24,25,27);8,11H,4-7H2,1-3H3,(H,12,13). The number of hydrogen-bond acceptors (Lipinski definition) is 16. The van der Waals surface area contributed by atoms with Crippen LogP contribution in [0, 0.1) is 0 Å². The lowest BCUT2D eigenvalue weighted by atomic mass is 10.1. The Morgan fingerprint density at radius 3 is 1.37 bits per heavy atom. The number of carbonyl (C=O) groups excluding carboxylic acids is 4. The molecule has 22 nitrogen and oxygen atoms in total. The minimum Gasteiger partial charge on any atom is -0.444 e. The maximum Gasteiger partial charge on any atom is 0.407 e. The topological polar surface area (TPSA) is 292 Å². The number of anilines is 3. The Labute approximate surface area is 540 Å². The van der Waals surface area contributed by atoms with E-state index >= 15 is 0 Å². The van der Waals surface area contributed by atoms with E-state index in [1.807, 2.05) is 102 Å². The minimum atomic E-state index is -3.97. The van der Waals surface area contributed by atoms with Gasteiger partial charge < -0.3 is 51.6 Å². The molecule has 4 heterocycles. The quantitative estimate of drug-likeness (QED) is 0.0462. The first-order valence-electron chi connectivity index (χ1n) is 29.1. The van der Waals surface area contributed by atoms with E-state index in [4.69, 9.17) is 9.47 Å². The average Bonchev–Trinajstić information content (AvgIpc) is 2.52. The third-order valence-electron chi connectivity index (χ3n) is 12.6. The van der Waals surface area contributed by atoms with E-state index in [2.05, 4.69) is 77.5 Å². The van der Waals surface area contributed by atoms with Gasteiger partial charge in [-0.05, 0) is 173 Å². The zero-order valence-corrected chi connectivity index (χ0v) is 57.4. The molecule has 2 aliphatic rings. The normalized spacial score (nSPS) is 14.4. The van der Waals surface area contributed by atoms with Crippen LogP contribution in [0.3, 0.4) is 0 Å². The molecule has 89 heavy (non-hydrogen) atoms. The molecule has 0 unspecified atom stereocenters. The summed E-state index contributed by atoms with van der Waals surface area (Å²) in [5.41, 5.74) is 1.27. The number of amides is 6. The Morgan fingerprint density at radius 2 is 0.978 bits per heavy atom. The molecule has 0 spiro atoms. The molecule has 0 saturated carbocycles. The first kappa shape index (κ1) is 71.4. The smallest absolute Gasteiger partial charge is 0.407 e. The van der Waals surface area contributed by atoms with Crippen LogP contribution in [0.1, 0.15) is 120 Å². The number of nitrogens with zero attached hydrogens (tertiary/aromatic N) is 3. The molecule has 6 amide bonds. The van der Waals surface area contributed by atoms with Crippen molar-refractivity contribution in [1.29, 1.82) is 0 Å². The molecule has 484 valence electrons. The minimum absolute atomic E-state index is 0.00527. The Bertz CT molecular complexity index is 3550. The number of nitrogens with one attached hydrogen (secondary N) is 9. The van der Waals surface area contributed by atoms with Crippen molar-refractivity contribution in [3.63, 3.8) is 0 Å². The van der Waals surface area contributed by atoms with E-state index in [0.717, 1.165) is 55.0 Å². The molecule has 8 rings (SSSR count). The van der Waals surface area contributed by atoms with Crippen LogP contribution in [0.2, 0.25) is 0 Å². The number of sulfonamides is 2. The number of aromatic nitrogens is 2. The molecule has 2 aliphatic heterocycles. The van der Waals surface area contributed by atoms with Crippen molar-refractivity contribution >= 4 is 99.4 Å². The molecule has 0 radical (unpaired) electrons. The lowest BCUT2D eigenvalue weighted by molar-refractivity contribution is 0.0484. The van der Waals surface area contributed by atoms with Crippen molar-refractivity contribution in [3.05, 3.63) is 124 Å². The van der Waals surface area contributed by atoms with E-state index in [9.17, 15) is 36.0 Å². The zero-order chi connectivity index (χ0) is 65.4. The second-order valence-electron chi connectivity index (χ2n) is 25.3. The van der Waals surface area contributed by atoms with E-state index in [0.29, 0.717) is 62.4 Å². The first-order chi connectivity index (χ1) is 41.6. The predicted octanol–water partition coefficient (Wildman–Crippen LogP) is 11.9. The molecular formula is C62H85BrN12O10S4. The Kier molecular flexibility index (Phi) is 25.1. The summed E-state index contributed by atoms with van der Waals surface area (Å²) in [5.74, 6) is 0. The number of urea groups is 2. The van der Waals surface area contributed by atoms with Gasteiger partial charge in [0, 0.05) is 84.2 Å². The second kappa shape index (κ2) is 31.3. The molecule has 0 aliphatic carbocycles. The molecule has 2 saturated heterocycles. The molecule has 2 fully saturated rings. The van der Waals surface area contributed by atoms with Gasteiger partial charge in [0.2, 0.25) is 20.0 Å². The van der Waals surface area contributed by atoms with Gasteiger partial charge in [-0.25, -0.2) is 55.4 Å². The van der Waals surface area contributed by atoms with Gasteiger partial charge in [-0.3, -0.25) is 0 Å². The summed E-state index contributed by atoms with van der Waals surface area (Å²) in [7, 11) is -7.83. The van der Waals surface area contributed by atoms with Gasteiger partial charge in [-0.1, -0.05) is 84.1 Å². The molecule has 2 aromatic heterocycles. The number of ether oxygens (including phenoxy) is 2. The van der Waals surface area contributed by atoms with Gasteiger partial charge >= 0.3 is 24.2 Å². The number of benzene rings is 4. The maximum absolute atomic E-state index is 13.6. The van der Waals surface area contributed by atoms with E-state index in [1.54, 1.807) is 78.2 Å². The summed E-state index contributed by atoms with van der Waals surface area (Å²) in [6.45, 7) is 25.7. The highest BCUT2D eigenvalue weighted by atomic mass is 79.9. The SMILES string of the molecule is CC(C)(C)NS(=O)(=O)c1cc(NC(=O)NCc2ccccc2)ccc1-c1cnc(Br)s1.CC(C)(C)NS(=O)(=O)c1cc(NC(=O)NCc2ccccc2)ccc1-c1cnc(N2CCC(NC(=O)OC(C)(C)C)CC2)s1.CC(C)(C)OC(=O)NC1CCNCC1. The van der Waals surface area contributed by atoms with Crippen molar-refractivity contribution in [3.8, 4) is 20.9 Å². The monoisotopic (exact) mass is 1360 g/mol. The summed E-state index contributed by atoms with van der Waals surface area (Å²) in [4.78, 5) is 60.9. The van der Waals surface area contributed by atoms with E-state index < -0.39 is 60.5 Å². The zero-order valence-electron chi connectivity index (χ0n) is 52.6. The van der Waals surface area contributed by atoms with Gasteiger partial charge in [0.15, 0.2) is 9.05 Å². The summed E-state index contributed by atoms with van der Waals surface area (Å²) in [5, 5.41) is 20.8. The molecule has 0 atom stereocenters. The van der Waals surface area contributed by atoms with Crippen LogP contribution in [0.5, 0.6) is 0 Å². The number of halogens is 1. The van der Waals surface area contributed by atoms with Gasteiger partial charge in [0.25, 0.3) is 0 Å². The Balaban J connectivity index is 0.000000242. The highest BCUT2D eigenvalue weighted by Crippen LogP contribution is 2.38. The number of carbonyl (C=O) groups is 4. The van der Waals surface area contributed by atoms with Gasteiger partial charge in [-0.2, -0.15) is 0 Å². The third-order valence-corrected chi connectivity index (χ3v) is 18.8. The average molecular weight is 1370 g/mol. The van der Waals surface area contributed by atoms with Gasteiger partial charge in [0.1, 0.15) is 11.2 Å². The van der Waals surface area contributed by atoms with Crippen molar-refractivity contribution in [2.75, 3.05) is 41.7 Å². The van der Waals surface area contributed by atoms with Crippen LogP contribution in [0.4, 0.5) is 35.7 Å². The molecule has 4 aromatic carbocycles. The fraction of sp³-hybridized carbons (Fsp3) is 0.452. The second-order valence-corrected chi connectivity index (χ2v) is 31.9. The van der Waals surface area contributed by atoms with Gasteiger partial charge in [0.05, 0.1) is 19.5 Å². The molecular weight excluding hydrogens is 1280 g/mol. The Hall–Kier alpha value is -6.72. The number of rotatable bonds is 15. The van der Waals surface area contributed by atoms with Crippen molar-refractivity contribution in [1.82, 2.24) is 46.0 Å². The Morgan fingerprint density at radius 1 is 0.573 bits per heavy atom. The van der Waals surface area contributed by atoms with Crippen molar-refractivity contribution in [2.45, 2.75) is 166 Å². The third kappa shape index (κ3) is 24.9. The summed E-state index contributed by atoms with van der Waals surface area (Å²) in [6, 6.07) is 28.1. The molecule has 9 N–H and O–H groups in total. The molecule has 27 heteroatoms.